The molecule has 3 heteroatoms. The SMILES string of the molecule is Br.CCCCCCc1cc(N)ccn1. The highest BCUT2D eigenvalue weighted by atomic mass is 79.9. The van der Waals surface area contributed by atoms with Gasteiger partial charge >= 0.3 is 0 Å². The van der Waals surface area contributed by atoms with Crippen LogP contribution in [-0.2, 0) is 6.42 Å². The lowest BCUT2D eigenvalue weighted by Gasteiger charge is -2.00. The minimum absolute atomic E-state index is 0. The number of pyridine rings is 1. The minimum Gasteiger partial charge on any atom is -0.399 e. The van der Waals surface area contributed by atoms with E-state index >= 15 is 0 Å². The molecule has 0 aromatic carbocycles. The van der Waals surface area contributed by atoms with E-state index in [9.17, 15) is 0 Å². The molecule has 0 aliphatic rings. The average molecular weight is 259 g/mol. The van der Waals surface area contributed by atoms with Crippen LogP contribution in [0.15, 0.2) is 18.3 Å². The Hall–Kier alpha value is -0.570. The Balaban J connectivity index is 0.00000169. The minimum atomic E-state index is 0. The molecule has 1 aromatic rings. The quantitative estimate of drug-likeness (QED) is 0.823. The van der Waals surface area contributed by atoms with Gasteiger partial charge in [0.1, 0.15) is 0 Å². The average Bonchev–Trinajstić information content (AvgIpc) is 2.13. The van der Waals surface area contributed by atoms with Crippen LogP contribution in [0.3, 0.4) is 0 Å². The second-order valence-electron chi connectivity index (χ2n) is 3.39. The number of nitrogen functional groups attached to an aromatic ring is 1. The van der Waals surface area contributed by atoms with E-state index in [0.29, 0.717) is 0 Å². The van der Waals surface area contributed by atoms with E-state index in [1.165, 1.54) is 25.7 Å². The predicted molar refractivity (Wildman–Crippen MR) is 66.8 cm³/mol. The van der Waals surface area contributed by atoms with Crippen molar-refractivity contribution in [1.29, 1.82) is 0 Å². The monoisotopic (exact) mass is 258 g/mol. The molecule has 0 amide bonds. The van der Waals surface area contributed by atoms with Gasteiger partial charge in [0.2, 0.25) is 0 Å². The van der Waals surface area contributed by atoms with Gasteiger partial charge in [0.15, 0.2) is 0 Å². The fourth-order valence-electron chi connectivity index (χ4n) is 1.37. The van der Waals surface area contributed by atoms with Crippen LogP contribution >= 0.6 is 17.0 Å². The van der Waals surface area contributed by atoms with E-state index in [4.69, 9.17) is 5.73 Å². The van der Waals surface area contributed by atoms with Crippen molar-refractivity contribution in [2.45, 2.75) is 39.0 Å². The molecular weight excluding hydrogens is 240 g/mol. The van der Waals surface area contributed by atoms with Gasteiger partial charge in [-0.15, -0.1) is 17.0 Å². The summed E-state index contributed by atoms with van der Waals surface area (Å²) in [6, 6.07) is 3.79. The molecule has 1 aromatic heterocycles. The number of hydrogen-bond acceptors (Lipinski definition) is 2. The lowest BCUT2D eigenvalue weighted by molar-refractivity contribution is 0.661. The second kappa shape index (κ2) is 7.80. The largest absolute Gasteiger partial charge is 0.399 e. The summed E-state index contributed by atoms with van der Waals surface area (Å²) in [5.41, 5.74) is 7.59. The van der Waals surface area contributed by atoms with Crippen LogP contribution in [0, 0.1) is 0 Å². The Morgan fingerprint density at radius 3 is 2.71 bits per heavy atom. The summed E-state index contributed by atoms with van der Waals surface area (Å²) in [6.45, 7) is 2.22. The molecule has 0 unspecified atom stereocenters. The topological polar surface area (TPSA) is 38.9 Å². The number of rotatable bonds is 5. The zero-order chi connectivity index (χ0) is 9.52. The molecule has 0 saturated carbocycles. The number of hydrogen-bond donors (Lipinski definition) is 1. The molecule has 0 fully saturated rings. The third kappa shape index (κ3) is 5.22. The Labute approximate surface area is 96.7 Å². The molecule has 2 nitrogen and oxygen atoms in total. The zero-order valence-electron chi connectivity index (χ0n) is 8.70. The van der Waals surface area contributed by atoms with Gasteiger partial charge in [-0.2, -0.15) is 0 Å². The smallest absolute Gasteiger partial charge is 0.0424 e. The molecule has 0 spiro atoms. The van der Waals surface area contributed by atoms with Gasteiger partial charge < -0.3 is 5.73 Å². The number of aromatic nitrogens is 1. The van der Waals surface area contributed by atoms with Crippen molar-refractivity contribution in [1.82, 2.24) is 4.98 Å². The maximum absolute atomic E-state index is 5.65. The first-order chi connectivity index (χ1) is 6.33. The molecule has 1 heterocycles. The Bertz CT molecular complexity index is 251. The molecule has 0 aliphatic carbocycles. The molecule has 0 saturated heterocycles. The molecule has 0 aliphatic heterocycles. The number of nitrogens with zero attached hydrogens (tertiary/aromatic N) is 1. The van der Waals surface area contributed by atoms with Crippen LogP contribution in [-0.4, -0.2) is 4.98 Å². The molecule has 0 atom stereocenters. The summed E-state index contributed by atoms with van der Waals surface area (Å²) < 4.78 is 0. The molecule has 1 rings (SSSR count). The summed E-state index contributed by atoms with van der Waals surface area (Å²) >= 11 is 0. The van der Waals surface area contributed by atoms with Crippen LogP contribution in [0.2, 0.25) is 0 Å². The number of aryl methyl sites for hydroxylation is 1. The van der Waals surface area contributed by atoms with Gasteiger partial charge in [-0.25, -0.2) is 0 Å². The standard InChI is InChI=1S/C11H18N2.BrH/c1-2-3-4-5-6-11-9-10(12)7-8-13-11;/h7-9H,2-6H2,1H3,(H2,12,13);1H. The Morgan fingerprint density at radius 1 is 1.29 bits per heavy atom. The third-order valence-electron chi connectivity index (χ3n) is 2.13. The van der Waals surface area contributed by atoms with E-state index in [1.54, 1.807) is 6.20 Å². The van der Waals surface area contributed by atoms with Crippen molar-refractivity contribution < 1.29 is 0 Å². The van der Waals surface area contributed by atoms with E-state index in [0.717, 1.165) is 17.8 Å². The normalized spacial score (nSPS) is 9.50. The fourth-order valence-corrected chi connectivity index (χ4v) is 1.37. The molecule has 2 N–H and O–H groups in total. The van der Waals surface area contributed by atoms with Crippen molar-refractivity contribution in [3.05, 3.63) is 24.0 Å². The summed E-state index contributed by atoms with van der Waals surface area (Å²) in [5, 5.41) is 0. The first-order valence-electron chi connectivity index (χ1n) is 5.03. The summed E-state index contributed by atoms with van der Waals surface area (Å²) in [7, 11) is 0. The van der Waals surface area contributed by atoms with Gasteiger partial charge in [0, 0.05) is 17.6 Å². The van der Waals surface area contributed by atoms with Gasteiger partial charge in [0.05, 0.1) is 0 Å². The summed E-state index contributed by atoms with van der Waals surface area (Å²) in [4.78, 5) is 4.26. The van der Waals surface area contributed by atoms with Crippen LogP contribution in [0.5, 0.6) is 0 Å². The highest BCUT2D eigenvalue weighted by Gasteiger charge is 1.94. The van der Waals surface area contributed by atoms with Crippen molar-refractivity contribution in [2.75, 3.05) is 5.73 Å². The van der Waals surface area contributed by atoms with Crippen LogP contribution < -0.4 is 5.73 Å². The number of halogens is 1. The predicted octanol–water partition coefficient (Wildman–Crippen LogP) is 3.36. The highest BCUT2D eigenvalue weighted by Crippen LogP contribution is 2.08. The Morgan fingerprint density at radius 2 is 2.07 bits per heavy atom. The molecule has 80 valence electrons. The molecule has 0 bridgehead atoms. The molecule has 0 radical (unpaired) electrons. The van der Waals surface area contributed by atoms with Gasteiger partial charge in [0.25, 0.3) is 0 Å². The number of anilines is 1. The summed E-state index contributed by atoms with van der Waals surface area (Å²) in [5.74, 6) is 0. The van der Waals surface area contributed by atoms with E-state index in [-0.39, 0.29) is 17.0 Å². The fraction of sp³-hybridized carbons (Fsp3) is 0.545. The van der Waals surface area contributed by atoms with Crippen molar-refractivity contribution in [2.24, 2.45) is 0 Å². The lowest BCUT2D eigenvalue weighted by Crippen LogP contribution is -1.92. The second-order valence-corrected chi connectivity index (χ2v) is 3.39. The van der Waals surface area contributed by atoms with Crippen LogP contribution in [0.25, 0.3) is 0 Å². The first kappa shape index (κ1) is 13.4. The van der Waals surface area contributed by atoms with E-state index in [2.05, 4.69) is 11.9 Å². The third-order valence-corrected chi connectivity index (χ3v) is 2.13. The maximum Gasteiger partial charge on any atom is 0.0424 e. The van der Waals surface area contributed by atoms with E-state index in [1.807, 2.05) is 12.1 Å². The zero-order valence-corrected chi connectivity index (χ0v) is 10.4. The van der Waals surface area contributed by atoms with Crippen LogP contribution in [0.4, 0.5) is 5.69 Å². The van der Waals surface area contributed by atoms with Gasteiger partial charge in [-0.1, -0.05) is 26.2 Å². The van der Waals surface area contributed by atoms with Gasteiger partial charge in [-0.3, -0.25) is 4.98 Å². The first-order valence-corrected chi connectivity index (χ1v) is 5.03. The number of unbranched alkanes of at least 4 members (excludes halogenated alkanes) is 3. The maximum atomic E-state index is 5.65. The van der Waals surface area contributed by atoms with E-state index < -0.39 is 0 Å². The molecular formula is C11H19BrN2. The number of nitrogens with two attached hydrogens (primary N) is 1. The van der Waals surface area contributed by atoms with Crippen molar-refractivity contribution >= 4 is 22.7 Å². The Kier molecular flexibility index (Phi) is 7.48. The van der Waals surface area contributed by atoms with Crippen LogP contribution in [0.1, 0.15) is 38.3 Å². The molecule has 14 heavy (non-hydrogen) atoms. The lowest BCUT2D eigenvalue weighted by atomic mass is 10.1. The highest BCUT2D eigenvalue weighted by molar-refractivity contribution is 8.93. The van der Waals surface area contributed by atoms with Gasteiger partial charge in [-0.05, 0) is 25.0 Å². The summed E-state index contributed by atoms with van der Waals surface area (Å²) in [6.07, 6.45) is 7.97. The van der Waals surface area contributed by atoms with Crippen molar-refractivity contribution in [3.8, 4) is 0 Å². The van der Waals surface area contributed by atoms with Crippen molar-refractivity contribution in [3.63, 3.8) is 0 Å².